The van der Waals surface area contributed by atoms with E-state index in [1.54, 1.807) is 5.57 Å². The predicted octanol–water partition coefficient (Wildman–Crippen LogP) is 4.35. The van der Waals surface area contributed by atoms with Crippen molar-refractivity contribution in [3.63, 3.8) is 0 Å². The van der Waals surface area contributed by atoms with Gasteiger partial charge in [0.15, 0.2) is 0 Å². The Balaban J connectivity index is 1.60. The fraction of sp³-hybridized carbons (Fsp3) is 0.833. The highest BCUT2D eigenvalue weighted by Gasteiger charge is 2.25. The van der Waals surface area contributed by atoms with Gasteiger partial charge in [0.2, 0.25) is 0 Å². The quantitative estimate of drug-likeness (QED) is 0.518. The summed E-state index contributed by atoms with van der Waals surface area (Å²) < 4.78 is 23.4. The topological polar surface area (TPSA) is 35.5 Å². The molecule has 22 heavy (non-hydrogen) atoms. The standard InChI is InChI=1S/C18H29FO3/c1-2-14-3-7-16(8-4-14)21-13-15-5-9-17(10-6-15)22-18(20)11-12-19/h3,15-17H,2,4-13H2,1H3. The average Bonchev–Trinajstić information content (AvgIpc) is 2.55. The Labute approximate surface area is 133 Å². The molecule has 0 aromatic rings. The normalized spacial score (nSPS) is 29.0. The third kappa shape index (κ3) is 5.71. The Kier molecular flexibility index (Phi) is 7.37. The maximum Gasteiger partial charge on any atom is 0.308 e. The third-order valence-corrected chi connectivity index (χ3v) is 4.87. The van der Waals surface area contributed by atoms with Gasteiger partial charge >= 0.3 is 5.97 Å². The van der Waals surface area contributed by atoms with Crippen molar-refractivity contribution in [2.75, 3.05) is 13.3 Å². The van der Waals surface area contributed by atoms with E-state index in [1.165, 1.54) is 6.42 Å². The molecule has 2 rings (SSSR count). The van der Waals surface area contributed by atoms with E-state index in [0.717, 1.165) is 51.6 Å². The molecule has 0 aromatic heterocycles. The minimum Gasteiger partial charge on any atom is -0.462 e. The third-order valence-electron chi connectivity index (χ3n) is 4.87. The second kappa shape index (κ2) is 9.29. The molecule has 0 N–H and O–H groups in total. The predicted molar refractivity (Wildman–Crippen MR) is 84.4 cm³/mol. The first-order valence-corrected chi connectivity index (χ1v) is 8.76. The van der Waals surface area contributed by atoms with E-state index >= 15 is 0 Å². The van der Waals surface area contributed by atoms with Crippen LogP contribution in [0.4, 0.5) is 4.39 Å². The summed E-state index contributed by atoms with van der Waals surface area (Å²) in [6, 6.07) is 0. The van der Waals surface area contributed by atoms with Gasteiger partial charge in [-0.15, -0.1) is 0 Å². The highest BCUT2D eigenvalue weighted by atomic mass is 19.1. The number of allylic oxidation sites excluding steroid dienone is 1. The van der Waals surface area contributed by atoms with Crippen LogP contribution >= 0.6 is 0 Å². The Bertz CT molecular complexity index is 373. The van der Waals surface area contributed by atoms with Crippen molar-refractivity contribution in [1.82, 2.24) is 0 Å². The Morgan fingerprint density at radius 1 is 1.23 bits per heavy atom. The highest BCUT2D eigenvalue weighted by molar-refractivity contribution is 5.69. The summed E-state index contributed by atoms with van der Waals surface area (Å²) in [5.41, 5.74) is 1.57. The smallest absolute Gasteiger partial charge is 0.308 e. The lowest BCUT2D eigenvalue weighted by Crippen LogP contribution is -2.28. The molecule has 0 saturated heterocycles. The van der Waals surface area contributed by atoms with Gasteiger partial charge in [0, 0.05) is 6.61 Å². The second-order valence-corrected chi connectivity index (χ2v) is 6.52. The van der Waals surface area contributed by atoms with Crippen molar-refractivity contribution in [2.45, 2.75) is 76.9 Å². The number of hydrogen-bond donors (Lipinski definition) is 0. The highest BCUT2D eigenvalue weighted by Crippen LogP contribution is 2.29. The van der Waals surface area contributed by atoms with Gasteiger partial charge in [0.05, 0.1) is 19.2 Å². The molecule has 0 spiro atoms. The fourth-order valence-electron chi connectivity index (χ4n) is 3.35. The zero-order chi connectivity index (χ0) is 15.8. The van der Waals surface area contributed by atoms with E-state index in [2.05, 4.69) is 13.0 Å². The first-order valence-electron chi connectivity index (χ1n) is 8.76. The molecule has 1 saturated carbocycles. The summed E-state index contributed by atoms with van der Waals surface area (Å²) in [7, 11) is 0. The summed E-state index contributed by atoms with van der Waals surface area (Å²) in [5, 5.41) is 0. The molecule has 3 nitrogen and oxygen atoms in total. The van der Waals surface area contributed by atoms with Crippen LogP contribution in [0.2, 0.25) is 0 Å². The van der Waals surface area contributed by atoms with Crippen molar-refractivity contribution in [3.05, 3.63) is 11.6 Å². The number of hydrogen-bond acceptors (Lipinski definition) is 3. The van der Waals surface area contributed by atoms with Crippen LogP contribution < -0.4 is 0 Å². The van der Waals surface area contributed by atoms with Gasteiger partial charge in [-0.2, -0.15) is 0 Å². The molecule has 1 fully saturated rings. The van der Waals surface area contributed by atoms with Crippen molar-refractivity contribution >= 4 is 5.97 Å². The van der Waals surface area contributed by atoms with Crippen LogP contribution in [0.1, 0.15) is 64.7 Å². The summed E-state index contributed by atoms with van der Waals surface area (Å²) in [6.45, 7) is 2.41. The van der Waals surface area contributed by atoms with Crippen molar-refractivity contribution < 1.29 is 18.7 Å². The van der Waals surface area contributed by atoms with Crippen LogP contribution in [0, 0.1) is 5.92 Å². The number of carbonyl (C=O) groups excluding carboxylic acids is 1. The molecule has 0 radical (unpaired) electrons. The van der Waals surface area contributed by atoms with Crippen LogP contribution in [-0.4, -0.2) is 31.5 Å². The second-order valence-electron chi connectivity index (χ2n) is 6.52. The number of halogens is 1. The maximum atomic E-state index is 12.1. The van der Waals surface area contributed by atoms with E-state index in [9.17, 15) is 9.18 Å². The first-order chi connectivity index (χ1) is 10.7. The van der Waals surface area contributed by atoms with E-state index in [4.69, 9.17) is 9.47 Å². The van der Waals surface area contributed by atoms with Crippen molar-refractivity contribution in [2.24, 2.45) is 5.92 Å². The lowest BCUT2D eigenvalue weighted by atomic mass is 9.87. The molecule has 1 atom stereocenters. The Hall–Kier alpha value is -0.900. The average molecular weight is 312 g/mol. The minimum absolute atomic E-state index is 0.0139. The summed E-state index contributed by atoms with van der Waals surface area (Å²) in [5.74, 6) is 0.176. The van der Waals surface area contributed by atoms with Gasteiger partial charge in [-0.05, 0) is 57.3 Å². The van der Waals surface area contributed by atoms with Gasteiger partial charge in [0.25, 0.3) is 0 Å². The molecule has 0 bridgehead atoms. The first kappa shape index (κ1) is 17.5. The SMILES string of the molecule is CCC1=CCC(OCC2CCC(OC(=O)CCF)CC2)CC1. The Morgan fingerprint density at radius 3 is 2.59 bits per heavy atom. The molecule has 0 aromatic carbocycles. The van der Waals surface area contributed by atoms with Crippen molar-refractivity contribution in [3.8, 4) is 0 Å². The molecule has 0 heterocycles. The van der Waals surface area contributed by atoms with E-state index in [-0.39, 0.29) is 12.5 Å². The summed E-state index contributed by atoms with van der Waals surface area (Å²) >= 11 is 0. The van der Waals surface area contributed by atoms with Crippen LogP contribution in [-0.2, 0) is 14.3 Å². The lowest BCUT2D eigenvalue weighted by molar-refractivity contribution is -0.151. The Morgan fingerprint density at radius 2 is 2.00 bits per heavy atom. The number of esters is 1. The fourth-order valence-corrected chi connectivity index (χ4v) is 3.35. The van der Waals surface area contributed by atoms with E-state index in [1.807, 2.05) is 0 Å². The number of rotatable bonds is 7. The molecular weight excluding hydrogens is 283 g/mol. The molecule has 0 aliphatic heterocycles. The molecule has 2 aliphatic carbocycles. The summed E-state index contributed by atoms with van der Waals surface area (Å²) in [4.78, 5) is 11.3. The number of alkyl halides is 1. The van der Waals surface area contributed by atoms with Gasteiger partial charge in [-0.25, -0.2) is 0 Å². The largest absolute Gasteiger partial charge is 0.462 e. The molecular formula is C18H29FO3. The van der Waals surface area contributed by atoms with Crippen LogP contribution in [0.3, 0.4) is 0 Å². The zero-order valence-electron chi connectivity index (χ0n) is 13.7. The lowest BCUT2D eigenvalue weighted by Gasteiger charge is -2.30. The van der Waals surface area contributed by atoms with E-state index in [0.29, 0.717) is 12.0 Å². The number of ether oxygens (including phenoxy) is 2. The van der Waals surface area contributed by atoms with E-state index < -0.39 is 12.6 Å². The van der Waals surface area contributed by atoms with Gasteiger partial charge < -0.3 is 9.47 Å². The van der Waals surface area contributed by atoms with Gasteiger partial charge in [0.1, 0.15) is 6.10 Å². The van der Waals surface area contributed by atoms with Crippen LogP contribution in [0.5, 0.6) is 0 Å². The zero-order valence-corrected chi connectivity index (χ0v) is 13.7. The molecule has 0 amide bonds. The van der Waals surface area contributed by atoms with Crippen LogP contribution in [0.25, 0.3) is 0 Å². The number of carbonyl (C=O) groups is 1. The van der Waals surface area contributed by atoms with Gasteiger partial charge in [-0.3, -0.25) is 9.18 Å². The molecule has 4 heteroatoms. The molecule has 1 unspecified atom stereocenters. The monoisotopic (exact) mass is 312 g/mol. The minimum atomic E-state index is -0.627. The molecule has 126 valence electrons. The maximum absolute atomic E-state index is 12.1. The van der Waals surface area contributed by atoms with Crippen molar-refractivity contribution in [1.29, 1.82) is 0 Å². The summed E-state index contributed by atoms with van der Waals surface area (Å²) in [6.07, 6.45) is 11.0. The van der Waals surface area contributed by atoms with Gasteiger partial charge in [-0.1, -0.05) is 18.6 Å². The van der Waals surface area contributed by atoms with Crippen LogP contribution in [0.15, 0.2) is 11.6 Å². The molecule has 2 aliphatic rings.